The second-order valence-corrected chi connectivity index (χ2v) is 4.94. The molecule has 96 valence electrons. The summed E-state index contributed by atoms with van der Waals surface area (Å²) in [6.07, 6.45) is 3.58. The molecule has 18 heavy (non-hydrogen) atoms. The van der Waals surface area contributed by atoms with Crippen molar-refractivity contribution in [2.24, 2.45) is 0 Å². The van der Waals surface area contributed by atoms with Gasteiger partial charge in [0.2, 0.25) is 0 Å². The van der Waals surface area contributed by atoms with Crippen LogP contribution in [0.25, 0.3) is 0 Å². The Morgan fingerprint density at radius 1 is 1.33 bits per heavy atom. The average Bonchev–Trinajstić information content (AvgIpc) is 3.02. The zero-order valence-corrected chi connectivity index (χ0v) is 11.1. The highest BCUT2D eigenvalue weighted by molar-refractivity contribution is 6.99. The molecule has 1 saturated heterocycles. The topological polar surface area (TPSA) is 58.3 Å². The summed E-state index contributed by atoms with van der Waals surface area (Å²) in [6, 6.07) is 0. The molecule has 1 aliphatic heterocycles. The normalized spacial score (nSPS) is 17.3. The first kappa shape index (κ1) is 11.6. The highest BCUT2D eigenvalue weighted by Crippen LogP contribution is 2.14. The highest BCUT2D eigenvalue weighted by Gasteiger charge is 2.19. The number of rotatable bonds is 3. The van der Waals surface area contributed by atoms with E-state index in [0.717, 1.165) is 50.1 Å². The van der Waals surface area contributed by atoms with E-state index in [9.17, 15) is 0 Å². The van der Waals surface area contributed by atoms with Crippen LogP contribution in [0.2, 0.25) is 0 Å². The summed E-state index contributed by atoms with van der Waals surface area (Å²) in [6.45, 7) is 6.74. The largest absolute Gasteiger partial charge is 0.449 e. The smallest absolute Gasteiger partial charge is 0.191 e. The number of aryl methyl sites for hydroxylation is 1. The van der Waals surface area contributed by atoms with Gasteiger partial charge >= 0.3 is 0 Å². The van der Waals surface area contributed by atoms with Crippen LogP contribution >= 0.6 is 11.7 Å². The van der Waals surface area contributed by atoms with E-state index in [1.165, 1.54) is 11.7 Å². The lowest BCUT2D eigenvalue weighted by molar-refractivity contribution is 0.246. The Labute approximate surface area is 110 Å². The molecule has 7 heteroatoms. The van der Waals surface area contributed by atoms with Crippen LogP contribution in [0.15, 0.2) is 16.9 Å². The molecule has 0 amide bonds. The molecule has 1 aliphatic rings. The summed E-state index contributed by atoms with van der Waals surface area (Å²) < 4.78 is 13.5. The average molecular weight is 265 g/mol. The fourth-order valence-electron chi connectivity index (χ4n) is 2.14. The number of piperazine rings is 1. The predicted octanol–water partition coefficient (Wildman–Crippen LogP) is 1.16. The van der Waals surface area contributed by atoms with Gasteiger partial charge in [0.05, 0.1) is 23.6 Å². The van der Waals surface area contributed by atoms with Crippen LogP contribution in [0.1, 0.15) is 11.6 Å². The Bertz CT molecular complexity index is 489. The second-order valence-electron chi connectivity index (χ2n) is 4.39. The Morgan fingerprint density at radius 2 is 2.17 bits per heavy atom. The lowest BCUT2D eigenvalue weighted by atomic mass is 10.3. The lowest BCUT2D eigenvalue weighted by Crippen LogP contribution is -2.46. The van der Waals surface area contributed by atoms with Crippen molar-refractivity contribution in [3.05, 3.63) is 24.0 Å². The molecule has 3 rings (SSSR count). The molecule has 3 heterocycles. The first-order valence-corrected chi connectivity index (χ1v) is 6.70. The van der Waals surface area contributed by atoms with Crippen molar-refractivity contribution in [3.8, 4) is 0 Å². The number of hydrogen-bond donors (Lipinski definition) is 0. The molecule has 0 aliphatic carbocycles. The lowest BCUT2D eigenvalue weighted by Gasteiger charge is -2.34. The van der Waals surface area contributed by atoms with Crippen LogP contribution in [0.3, 0.4) is 0 Å². The monoisotopic (exact) mass is 265 g/mol. The SMILES string of the molecule is Cc1nc(CN2CCN(c3cnsn3)CC2)co1. The van der Waals surface area contributed by atoms with E-state index in [4.69, 9.17) is 4.42 Å². The van der Waals surface area contributed by atoms with Gasteiger partial charge in [0.15, 0.2) is 11.7 Å². The summed E-state index contributed by atoms with van der Waals surface area (Å²) in [4.78, 5) is 8.99. The van der Waals surface area contributed by atoms with Gasteiger partial charge in [-0.1, -0.05) is 0 Å². The Hall–Kier alpha value is -1.47. The van der Waals surface area contributed by atoms with Crippen molar-refractivity contribution in [1.82, 2.24) is 18.6 Å². The fourth-order valence-corrected chi connectivity index (χ4v) is 2.58. The molecular formula is C11H15N5OS. The standard InChI is InChI=1S/C11H15N5OS/c1-9-13-10(8-17-9)7-15-2-4-16(5-3-15)11-6-12-18-14-11/h6,8H,2-5,7H2,1H3. The van der Waals surface area contributed by atoms with Crippen molar-refractivity contribution in [2.75, 3.05) is 31.1 Å². The van der Waals surface area contributed by atoms with Gasteiger partial charge in [-0.3, -0.25) is 4.90 Å². The van der Waals surface area contributed by atoms with Gasteiger partial charge < -0.3 is 9.32 Å². The molecule has 0 atom stereocenters. The van der Waals surface area contributed by atoms with Gasteiger partial charge in [0.1, 0.15) is 6.26 Å². The number of hydrogen-bond acceptors (Lipinski definition) is 7. The molecule has 0 spiro atoms. The van der Waals surface area contributed by atoms with Crippen molar-refractivity contribution < 1.29 is 4.42 Å². The molecule has 2 aromatic rings. The summed E-state index contributed by atoms with van der Waals surface area (Å²) >= 11 is 1.26. The minimum Gasteiger partial charge on any atom is -0.449 e. The van der Waals surface area contributed by atoms with Crippen LogP contribution in [0.4, 0.5) is 5.82 Å². The zero-order valence-electron chi connectivity index (χ0n) is 10.2. The van der Waals surface area contributed by atoms with Crippen molar-refractivity contribution in [2.45, 2.75) is 13.5 Å². The third-order valence-corrected chi connectivity index (χ3v) is 3.57. The van der Waals surface area contributed by atoms with Gasteiger partial charge in [-0.25, -0.2) is 4.98 Å². The maximum Gasteiger partial charge on any atom is 0.191 e. The molecule has 0 radical (unpaired) electrons. The summed E-state index contributed by atoms with van der Waals surface area (Å²) in [5.74, 6) is 1.73. The molecule has 0 N–H and O–H groups in total. The van der Waals surface area contributed by atoms with E-state index < -0.39 is 0 Å². The molecule has 1 fully saturated rings. The predicted molar refractivity (Wildman–Crippen MR) is 68.6 cm³/mol. The maximum atomic E-state index is 5.22. The first-order chi connectivity index (χ1) is 8.81. The van der Waals surface area contributed by atoms with Crippen molar-refractivity contribution >= 4 is 17.5 Å². The Kier molecular flexibility index (Phi) is 3.24. The number of nitrogens with zero attached hydrogens (tertiary/aromatic N) is 5. The van der Waals surface area contributed by atoms with E-state index in [1.54, 1.807) is 6.26 Å². The van der Waals surface area contributed by atoms with E-state index in [1.807, 2.05) is 13.1 Å². The molecule has 0 saturated carbocycles. The third-order valence-electron chi connectivity index (χ3n) is 3.10. The molecule has 2 aromatic heterocycles. The molecular weight excluding hydrogens is 250 g/mol. The third kappa shape index (κ3) is 2.51. The number of anilines is 1. The van der Waals surface area contributed by atoms with Gasteiger partial charge in [-0.2, -0.15) is 8.75 Å². The van der Waals surface area contributed by atoms with Crippen LogP contribution in [-0.4, -0.2) is 44.8 Å². The van der Waals surface area contributed by atoms with Gasteiger partial charge in [-0.05, 0) is 0 Å². The minimum atomic E-state index is 0.734. The van der Waals surface area contributed by atoms with Crippen LogP contribution < -0.4 is 4.90 Å². The summed E-state index contributed by atoms with van der Waals surface area (Å²) in [5, 5.41) is 0. The minimum absolute atomic E-state index is 0.734. The summed E-state index contributed by atoms with van der Waals surface area (Å²) in [7, 11) is 0. The number of aromatic nitrogens is 3. The molecule has 0 aromatic carbocycles. The van der Waals surface area contributed by atoms with E-state index >= 15 is 0 Å². The quantitative estimate of drug-likeness (QED) is 0.830. The first-order valence-electron chi connectivity index (χ1n) is 5.97. The van der Waals surface area contributed by atoms with Gasteiger partial charge in [0.25, 0.3) is 0 Å². The van der Waals surface area contributed by atoms with Gasteiger partial charge in [-0.15, -0.1) is 0 Å². The fraction of sp³-hybridized carbons (Fsp3) is 0.545. The van der Waals surface area contributed by atoms with Crippen molar-refractivity contribution in [3.63, 3.8) is 0 Å². The van der Waals surface area contributed by atoms with E-state index in [2.05, 4.69) is 23.5 Å². The number of oxazole rings is 1. The van der Waals surface area contributed by atoms with Crippen LogP contribution in [0.5, 0.6) is 0 Å². The Morgan fingerprint density at radius 3 is 2.78 bits per heavy atom. The van der Waals surface area contributed by atoms with E-state index in [-0.39, 0.29) is 0 Å². The van der Waals surface area contributed by atoms with E-state index in [0.29, 0.717) is 0 Å². The van der Waals surface area contributed by atoms with Crippen LogP contribution in [0, 0.1) is 6.92 Å². The molecule has 6 nitrogen and oxygen atoms in total. The van der Waals surface area contributed by atoms with Crippen LogP contribution in [-0.2, 0) is 6.54 Å². The molecule has 0 unspecified atom stereocenters. The van der Waals surface area contributed by atoms with Crippen molar-refractivity contribution in [1.29, 1.82) is 0 Å². The highest BCUT2D eigenvalue weighted by atomic mass is 32.1. The van der Waals surface area contributed by atoms with Gasteiger partial charge in [0, 0.05) is 39.6 Å². The second kappa shape index (κ2) is 5.03. The summed E-state index contributed by atoms with van der Waals surface area (Å²) in [5.41, 5.74) is 1.01. The molecule has 0 bridgehead atoms. The maximum absolute atomic E-state index is 5.22. The zero-order chi connectivity index (χ0) is 12.4. The Balaban J connectivity index is 1.54.